The van der Waals surface area contributed by atoms with Crippen LogP contribution in [0.2, 0.25) is 0 Å². The lowest BCUT2D eigenvalue weighted by Crippen LogP contribution is -2.10. The minimum absolute atomic E-state index is 0.0106. The van der Waals surface area contributed by atoms with E-state index in [0.29, 0.717) is 11.5 Å². The van der Waals surface area contributed by atoms with Crippen molar-refractivity contribution < 1.29 is 8.91 Å². The summed E-state index contributed by atoms with van der Waals surface area (Å²) in [4.78, 5) is 5.77. The van der Waals surface area contributed by atoms with Crippen LogP contribution >= 0.6 is 0 Å². The van der Waals surface area contributed by atoms with Crippen molar-refractivity contribution in [2.75, 3.05) is 24.7 Å². The largest absolute Gasteiger partial charge is 0.396 e. The molecule has 0 spiro atoms. The summed E-state index contributed by atoms with van der Waals surface area (Å²) in [5.41, 5.74) is 6.00. The number of hydrogen-bond acceptors (Lipinski definition) is 5. The molecule has 2 N–H and O–H groups in total. The molecule has 84 valence electrons. The standard InChI is InChI=1S/C10H11FN4O/c1-15(2)10-13-9(16-14-10)6-4-3-5-7(11)8(6)12/h3-5H,12H2,1-2H3. The molecule has 0 saturated carbocycles. The van der Waals surface area contributed by atoms with Crippen molar-refractivity contribution in [2.45, 2.75) is 0 Å². The van der Waals surface area contributed by atoms with Gasteiger partial charge in [-0.3, -0.25) is 0 Å². The average Bonchev–Trinajstić information content (AvgIpc) is 2.71. The molecule has 0 saturated heterocycles. The molecule has 0 atom stereocenters. The monoisotopic (exact) mass is 222 g/mol. The number of nitrogens with zero attached hydrogens (tertiary/aromatic N) is 3. The molecular formula is C10H11FN4O. The summed E-state index contributed by atoms with van der Waals surface area (Å²) in [6.45, 7) is 0. The first-order valence-corrected chi connectivity index (χ1v) is 4.65. The van der Waals surface area contributed by atoms with E-state index in [2.05, 4.69) is 10.1 Å². The van der Waals surface area contributed by atoms with E-state index in [-0.39, 0.29) is 11.6 Å². The molecule has 1 aromatic heterocycles. The van der Waals surface area contributed by atoms with Gasteiger partial charge in [-0.25, -0.2) is 4.39 Å². The first kappa shape index (κ1) is 10.4. The van der Waals surface area contributed by atoms with Crippen LogP contribution < -0.4 is 10.6 Å². The Hall–Kier alpha value is -2.11. The summed E-state index contributed by atoms with van der Waals surface area (Å²) in [6.07, 6.45) is 0. The summed E-state index contributed by atoms with van der Waals surface area (Å²) in [5.74, 6) is 0.126. The summed E-state index contributed by atoms with van der Waals surface area (Å²) in [5, 5.41) is 3.72. The van der Waals surface area contributed by atoms with Crippen molar-refractivity contribution in [1.29, 1.82) is 0 Å². The molecule has 0 radical (unpaired) electrons. The summed E-state index contributed by atoms with van der Waals surface area (Å²) in [6, 6.07) is 4.45. The minimum atomic E-state index is -0.498. The third kappa shape index (κ3) is 1.69. The van der Waals surface area contributed by atoms with Gasteiger partial charge >= 0.3 is 0 Å². The van der Waals surface area contributed by atoms with Crippen molar-refractivity contribution in [3.05, 3.63) is 24.0 Å². The molecule has 0 aliphatic carbocycles. The lowest BCUT2D eigenvalue weighted by molar-refractivity contribution is 0.430. The molecule has 0 unspecified atom stereocenters. The molecule has 1 aromatic carbocycles. The van der Waals surface area contributed by atoms with Gasteiger partial charge in [0.05, 0.1) is 11.3 Å². The van der Waals surface area contributed by atoms with Gasteiger partial charge in [-0.05, 0) is 17.3 Å². The fourth-order valence-corrected chi connectivity index (χ4v) is 1.23. The highest BCUT2D eigenvalue weighted by atomic mass is 19.1. The minimum Gasteiger partial charge on any atom is -0.396 e. The number of anilines is 2. The van der Waals surface area contributed by atoms with Gasteiger partial charge in [0.25, 0.3) is 11.8 Å². The summed E-state index contributed by atoms with van der Waals surface area (Å²) >= 11 is 0. The molecule has 0 amide bonds. The highest BCUT2D eigenvalue weighted by Gasteiger charge is 2.14. The van der Waals surface area contributed by atoms with Gasteiger partial charge in [-0.1, -0.05) is 6.07 Å². The van der Waals surface area contributed by atoms with Crippen LogP contribution in [0.1, 0.15) is 0 Å². The van der Waals surface area contributed by atoms with Crippen LogP contribution in [0.25, 0.3) is 11.5 Å². The second-order valence-corrected chi connectivity index (χ2v) is 3.50. The number of nitrogens with two attached hydrogens (primary N) is 1. The topological polar surface area (TPSA) is 68.2 Å². The molecule has 2 rings (SSSR count). The number of hydrogen-bond donors (Lipinski definition) is 1. The molecule has 0 aliphatic heterocycles. The number of para-hydroxylation sites is 1. The van der Waals surface area contributed by atoms with E-state index in [1.54, 1.807) is 31.1 Å². The van der Waals surface area contributed by atoms with Gasteiger partial charge in [0.2, 0.25) is 0 Å². The zero-order chi connectivity index (χ0) is 11.7. The highest BCUT2D eigenvalue weighted by molar-refractivity contribution is 5.71. The second kappa shape index (κ2) is 3.80. The lowest BCUT2D eigenvalue weighted by Gasteiger charge is -2.03. The van der Waals surface area contributed by atoms with Gasteiger partial charge in [-0.15, -0.1) is 0 Å². The lowest BCUT2D eigenvalue weighted by atomic mass is 10.2. The van der Waals surface area contributed by atoms with Crippen LogP contribution in [0.5, 0.6) is 0 Å². The van der Waals surface area contributed by atoms with Crippen LogP contribution in [-0.4, -0.2) is 24.2 Å². The van der Waals surface area contributed by atoms with Crippen LogP contribution in [0, 0.1) is 5.82 Å². The van der Waals surface area contributed by atoms with Gasteiger partial charge in [0.1, 0.15) is 5.82 Å². The van der Waals surface area contributed by atoms with E-state index in [0.717, 1.165) is 0 Å². The highest BCUT2D eigenvalue weighted by Crippen LogP contribution is 2.27. The maximum Gasteiger partial charge on any atom is 0.265 e. The van der Waals surface area contributed by atoms with Crippen molar-refractivity contribution in [2.24, 2.45) is 0 Å². The Morgan fingerprint density at radius 1 is 1.38 bits per heavy atom. The second-order valence-electron chi connectivity index (χ2n) is 3.50. The van der Waals surface area contributed by atoms with E-state index in [4.69, 9.17) is 10.3 Å². The summed E-state index contributed by atoms with van der Waals surface area (Å²) in [7, 11) is 3.56. The van der Waals surface area contributed by atoms with E-state index in [1.165, 1.54) is 6.07 Å². The molecule has 0 bridgehead atoms. The van der Waals surface area contributed by atoms with Crippen LogP contribution in [0.3, 0.4) is 0 Å². The van der Waals surface area contributed by atoms with Gasteiger partial charge < -0.3 is 15.2 Å². The van der Waals surface area contributed by atoms with Crippen molar-refractivity contribution in [3.8, 4) is 11.5 Å². The van der Waals surface area contributed by atoms with Crippen LogP contribution in [0.15, 0.2) is 22.7 Å². The molecule has 0 aliphatic rings. The maximum atomic E-state index is 13.2. The van der Waals surface area contributed by atoms with Crippen molar-refractivity contribution in [1.82, 2.24) is 10.1 Å². The number of aromatic nitrogens is 2. The molecule has 5 nitrogen and oxygen atoms in total. The summed E-state index contributed by atoms with van der Waals surface area (Å²) < 4.78 is 18.2. The van der Waals surface area contributed by atoms with Crippen LogP contribution in [-0.2, 0) is 0 Å². The fourth-order valence-electron chi connectivity index (χ4n) is 1.23. The van der Waals surface area contributed by atoms with Gasteiger partial charge in [-0.2, -0.15) is 4.98 Å². The zero-order valence-electron chi connectivity index (χ0n) is 8.94. The predicted molar refractivity (Wildman–Crippen MR) is 58.4 cm³/mol. The van der Waals surface area contributed by atoms with Crippen molar-refractivity contribution in [3.63, 3.8) is 0 Å². The Balaban J connectivity index is 2.47. The van der Waals surface area contributed by atoms with Gasteiger partial charge in [0.15, 0.2) is 0 Å². The van der Waals surface area contributed by atoms with Gasteiger partial charge in [0, 0.05) is 14.1 Å². The Morgan fingerprint density at radius 3 is 2.75 bits per heavy atom. The smallest absolute Gasteiger partial charge is 0.265 e. The predicted octanol–water partition coefficient (Wildman–Crippen LogP) is 1.52. The average molecular weight is 222 g/mol. The molecular weight excluding hydrogens is 211 g/mol. The van der Waals surface area contributed by atoms with E-state index in [1.807, 2.05) is 0 Å². The Labute approximate surface area is 91.7 Å². The maximum absolute atomic E-state index is 13.2. The van der Waals surface area contributed by atoms with E-state index in [9.17, 15) is 4.39 Å². The van der Waals surface area contributed by atoms with E-state index < -0.39 is 5.82 Å². The number of benzene rings is 1. The fraction of sp³-hybridized carbons (Fsp3) is 0.200. The Kier molecular flexibility index (Phi) is 2.47. The quantitative estimate of drug-likeness (QED) is 0.780. The number of halogens is 1. The molecule has 16 heavy (non-hydrogen) atoms. The first-order chi connectivity index (χ1) is 7.59. The van der Waals surface area contributed by atoms with Crippen LogP contribution in [0.4, 0.5) is 16.0 Å². The Bertz CT molecular complexity index is 509. The van der Waals surface area contributed by atoms with Crippen molar-refractivity contribution >= 4 is 11.6 Å². The number of rotatable bonds is 2. The number of nitrogen functional groups attached to an aromatic ring is 1. The normalized spacial score (nSPS) is 10.4. The SMILES string of the molecule is CN(C)c1noc(-c2cccc(F)c2N)n1. The molecule has 2 aromatic rings. The third-order valence-electron chi connectivity index (χ3n) is 2.10. The Morgan fingerprint density at radius 2 is 2.12 bits per heavy atom. The molecule has 6 heteroatoms. The first-order valence-electron chi connectivity index (χ1n) is 4.65. The zero-order valence-corrected chi connectivity index (χ0v) is 8.94. The molecule has 0 fully saturated rings. The van der Waals surface area contributed by atoms with E-state index >= 15 is 0 Å². The third-order valence-corrected chi connectivity index (χ3v) is 2.10. The molecule has 1 heterocycles.